The second kappa shape index (κ2) is 9.16. The SMILES string of the molecule is Cc1ccc(S(=O)(=O)OC[C@@H](C)C2CC[C@H]3[C@@H](O[Si](C)(C)C(C)(C)C)CCC[C@]23C)cc1. The smallest absolute Gasteiger partial charge is 0.296 e. The van der Waals surface area contributed by atoms with Crippen LogP contribution in [0.2, 0.25) is 18.1 Å². The normalized spacial score (nSPS) is 30.2. The lowest BCUT2D eigenvalue weighted by atomic mass is 9.62. The van der Waals surface area contributed by atoms with E-state index in [1.807, 2.05) is 19.1 Å². The van der Waals surface area contributed by atoms with E-state index in [1.54, 1.807) is 12.1 Å². The molecule has 6 heteroatoms. The van der Waals surface area contributed by atoms with Crippen molar-refractivity contribution < 1.29 is 17.0 Å². The second-order valence-electron chi connectivity index (χ2n) is 12.1. The van der Waals surface area contributed by atoms with Crippen molar-refractivity contribution in [3.05, 3.63) is 29.8 Å². The fraction of sp³-hybridized carbons (Fsp3) is 0.769. The van der Waals surface area contributed by atoms with Crippen molar-refractivity contribution >= 4 is 18.4 Å². The topological polar surface area (TPSA) is 52.6 Å². The molecule has 32 heavy (non-hydrogen) atoms. The average molecular weight is 481 g/mol. The first-order chi connectivity index (χ1) is 14.7. The molecule has 1 aromatic rings. The minimum atomic E-state index is -3.72. The molecule has 2 aliphatic rings. The summed E-state index contributed by atoms with van der Waals surface area (Å²) >= 11 is 0. The van der Waals surface area contributed by atoms with E-state index in [2.05, 4.69) is 47.7 Å². The van der Waals surface area contributed by atoms with Crippen LogP contribution in [0, 0.1) is 30.1 Å². The summed E-state index contributed by atoms with van der Waals surface area (Å²) in [7, 11) is -5.54. The molecule has 182 valence electrons. The Morgan fingerprint density at radius 3 is 2.34 bits per heavy atom. The van der Waals surface area contributed by atoms with Crippen molar-refractivity contribution in [1.82, 2.24) is 0 Å². The van der Waals surface area contributed by atoms with Crippen LogP contribution in [0.3, 0.4) is 0 Å². The van der Waals surface area contributed by atoms with E-state index in [-0.39, 0.29) is 27.9 Å². The van der Waals surface area contributed by atoms with Gasteiger partial charge in [-0.2, -0.15) is 8.42 Å². The molecule has 0 amide bonds. The van der Waals surface area contributed by atoms with Crippen molar-refractivity contribution in [1.29, 1.82) is 0 Å². The van der Waals surface area contributed by atoms with Crippen molar-refractivity contribution in [3.63, 3.8) is 0 Å². The van der Waals surface area contributed by atoms with Crippen molar-refractivity contribution in [2.24, 2.45) is 23.2 Å². The molecule has 5 atom stereocenters. The Labute approximate surface area is 197 Å². The molecule has 2 fully saturated rings. The van der Waals surface area contributed by atoms with Gasteiger partial charge in [-0.1, -0.05) is 58.7 Å². The van der Waals surface area contributed by atoms with Crippen molar-refractivity contribution in [2.45, 2.75) is 103 Å². The fourth-order valence-electron chi connectivity index (χ4n) is 5.88. The monoisotopic (exact) mass is 480 g/mol. The molecule has 0 saturated heterocycles. The van der Waals surface area contributed by atoms with E-state index in [0.29, 0.717) is 17.9 Å². The van der Waals surface area contributed by atoms with Crippen LogP contribution >= 0.6 is 0 Å². The van der Waals surface area contributed by atoms with E-state index in [1.165, 1.54) is 19.3 Å². The van der Waals surface area contributed by atoms with Crippen LogP contribution in [0.25, 0.3) is 0 Å². The summed E-state index contributed by atoms with van der Waals surface area (Å²) in [6, 6.07) is 6.89. The van der Waals surface area contributed by atoms with Crippen LogP contribution < -0.4 is 0 Å². The molecule has 0 radical (unpaired) electrons. The molecule has 0 spiro atoms. The van der Waals surface area contributed by atoms with Gasteiger partial charge in [-0.05, 0) is 86.0 Å². The molecule has 1 aromatic carbocycles. The Kier molecular flexibility index (Phi) is 7.42. The van der Waals surface area contributed by atoms with Gasteiger partial charge in [0.05, 0.1) is 11.5 Å². The van der Waals surface area contributed by atoms with E-state index < -0.39 is 18.4 Å². The Hall–Kier alpha value is -0.693. The molecular weight excluding hydrogens is 436 g/mol. The molecule has 0 N–H and O–H groups in total. The van der Waals surface area contributed by atoms with E-state index in [9.17, 15) is 8.42 Å². The lowest BCUT2D eigenvalue weighted by Gasteiger charge is -2.49. The van der Waals surface area contributed by atoms with Gasteiger partial charge in [0.25, 0.3) is 10.1 Å². The highest BCUT2D eigenvalue weighted by Crippen LogP contribution is 2.59. The molecule has 0 heterocycles. The first-order valence-electron chi connectivity index (χ1n) is 12.3. The summed E-state index contributed by atoms with van der Waals surface area (Å²) < 4.78 is 37.9. The minimum absolute atomic E-state index is 0.192. The van der Waals surface area contributed by atoms with Gasteiger partial charge in [0, 0.05) is 6.10 Å². The summed E-state index contributed by atoms with van der Waals surface area (Å²) in [5.41, 5.74) is 1.23. The third-order valence-electron chi connectivity index (χ3n) is 8.87. The highest BCUT2D eigenvalue weighted by Gasteiger charge is 2.54. The van der Waals surface area contributed by atoms with Gasteiger partial charge in [-0.25, -0.2) is 0 Å². The fourth-order valence-corrected chi connectivity index (χ4v) is 8.27. The quantitative estimate of drug-likeness (QED) is 0.313. The van der Waals surface area contributed by atoms with Gasteiger partial charge in [0.15, 0.2) is 8.32 Å². The van der Waals surface area contributed by atoms with Gasteiger partial charge in [-0.15, -0.1) is 0 Å². The molecule has 0 aromatic heterocycles. The molecule has 1 unspecified atom stereocenters. The van der Waals surface area contributed by atoms with Crippen molar-refractivity contribution in [2.75, 3.05) is 6.61 Å². The van der Waals surface area contributed by atoms with Gasteiger partial charge in [-0.3, -0.25) is 4.18 Å². The third-order valence-corrected chi connectivity index (χ3v) is 14.7. The van der Waals surface area contributed by atoms with Gasteiger partial charge in [0.2, 0.25) is 0 Å². The van der Waals surface area contributed by atoms with Crippen LogP contribution in [-0.2, 0) is 18.7 Å². The molecule has 0 aliphatic heterocycles. The average Bonchev–Trinajstić information content (AvgIpc) is 3.03. The lowest BCUT2D eigenvalue weighted by Crippen LogP contribution is -2.50. The van der Waals surface area contributed by atoms with Crippen LogP contribution in [-0.4, -0.2) is 29.4 Å². The van der Waals surface area contributed by atoms with E-state index in [0.717, 1.165) is 18.4 Å². The lowest BCUT2D eigenvalue weighted by molar-refractivity contribution is -0.0245. The summed E-state index contributed by atoms with van der Waals surface area (Å²) in [6.45, 7) is 18.4. The van der Waals surface area contributed by atoms with E-state index >= 15 is 0 Å². The molecule has 2 saturated carbocycles. The maximum absolute atomic E-state index is 12.7. The highest BCUT2D eigenvalue weighted by atomic mass is 32.2. The minimum Gasteiger partial charge on any atom is -0.414 e. The van der Waals surface area contributed by atoms with Crippen LogP contribution in [0.1, 0.15) is 72.3 Å². The standard InChI is InChI=1S/C26H44O4SSi/c1-19-11-13-21(14-12-19)31(27,28)29-18-20(2)22-15-16-23-24(10-9-17-26(22,23)6)30-32(7,8)25(3,4)5/h11-14,20,22-24H,9-10,15-18H2,1-8H3/t20-,22?,23+,24+,26-/m1/s1. The first kappa shape index (κ1) is 25.9. The molecule has 2 aliphatic carbocycles. The van der Waals surface area contributed by atoms with Crippen molar-refractivity contribution in [3.8, 4) is 0 Å². The largest absolute Gasteiger partial charge is 0.414 e. The summed E-state index contributed by atoms with van der Waals surface area (Å²) in [5.74, 6) is 1.22. The maximum Gasteiger partial charge on any atom is 0.296 e. The van der Waals surface area contributed by atoms with Crippen LogP contribution in [0.4, 0.5) is 0 Å². The summed E-state index contributed by atoms with van der Waals surface area (Å²) in [5, 5.41) is 0.213. The molecule has 3 rings (SSSR count). The van der Waals surface area contributed by atoms with Crippen LogP contribution in [0.15, 0.2) is 29.2 Å². The number of hydrogen-bond acceptors (Lipinski definition) is 4. The Balaban J connectivity index is 1.68. The van der Waals surface area contributed by atoms with Crippen LogP contribution in [0.5, 0.6) is 0 Å². The maximum atomic E-state index is 12.7. The third kappa shape index (κ3) is 5.18. The Morgan fingerprint density at radius 2 is 1.75 bits per heavy atom. The first-order valence-corrected chi connectivity index (χ1v) is 16.6. The van der Waals surface area contributed by atoms with Gasteiger partial charge in [0.1, 0.15) is 0 Å². The number of benzene rings is 1. The summed E-state index contributed by atoms with van der Waals surface area (Å²) in [4.78, 5) is 0.242. The second-order valence-corrected chi connectivity index (χ2v) is 18.5. The molecular formula is C26H44O4SSi. The highest BCUT2D eigenvalue weighted by molar-refractivity contribution is 7.86. The Bertz CT molecular complexity index is 887. The number of aryl methyl sites for hydroxylation is 1. The number of fused-ring (bicyclic) bond motifs is 1. The Morgan fingerprint density at radius 1 is 1.12 bits per heavy atom. The number of hydrogen-bond donors (Lipinski definition) is 0. The molecule has 4 nitrogen and oxygen atoms in total. The molecule has 0 bridgehead atoms. The zero-order valence-corrected chi connectivity index (χ0v) is 23.2. The zero-order valence-electron chi connectivity index (χ0n) is 21.4. The predicted molar refractivity (Wildman–Crippen MR) is 134 cm³/mol. The zero-order chi connectivity index (χ0) is 23.9. The van der Waals surface area contributed by atoms with Gasteiger partial charge < -0.3 is 4.43 Å². The number of rotatable bonds is 7. The predicted octanol–water partition coefficient (Wildman–Crippen LogP) is 6.94. The summed E-state index contributed by atoms with van der Waals surface area (Å²) in [6.07, 6.45) is 6.20. The van der Waals surface area contributed by atoms with Gasteiger partial charge >= 0.3 is 0 Å². The van der Waals surface area contributed by atoms with E-state index in [4.69, 9.17) is 8.61 Å².